The summed E-state index contributed by atoms with van der Waals surface area (Å²) in [4.78, 5) is 25.7. The number of nitrogens with one attached hydrogen (secondary N) is 2. The van der Waals surface area contributed by atoms with Crippen molar-refractivity contribution in [2.75, 3.05) is 32.5 Å². The monoisotopic (exact) mass is 273 g/mol. The molecule has 0 aliphatic carbocycles. The average Bonchev–Trinajstić information content (AvgIpc) is 2.36. The van der Waals surface area contributed by atoms with Crippen molar-refractivity contribution < 1.29 is 9.59 Å². The first-order chi connectivity index (χ1) is 9.50. The molecule has 1 aromatic carbocycles. The SMILES string of the molecule is CC(C(=O)Nc1ccccc1C(=O)N(C)C)=C1CNC1. The molecule has 5 nitrogen and oxygen atoms in total. The zero-order valence-corrected chi connectivity index (χ0v) is 12.0. The van der Waals surface area contributed by atoms with E-state index in [1.807, 2.05) is 6.92 Å². The molecule has 1 aromatic rings. The molecule has 0 unspecified atom stereocenters. The summed E-state index contributed by atoms with van der Waals surface area (Å²) >= 11 is 0. The first-order valence-electron chi connectivity index (χ1n) is 6.52. The van der Waals surface area contributed by atoms with Gasteiger partial charge in [0.15, 0.2) is 0 Å². The Balaban J connectivity index is 2.21. The summed E-state index contributed by atoms with van der Waals surface area (Å²) in [6.45, 7) is 3.33. The lowest BCUT2D eigenvalue weighted by Gasteiger charge is -2.22. The highest BCUT2D eigenvalue weighted by atomic mass is 16.2. The molecule has 1 saturated heterocycles. The summed E-state index contributed by atoms with van der Waals surface area (Å²) in [5.74, 6) is -0.281. The van der Waals surface area contributed by atoms with Crippen molar-refractivity contribution in [2.45, 2.75) is 6.92 Å². The second kappa shape index (κ2) is 5.88. The van der Waals surface area contributed by atoms with Crippen LogP contribution in [0.15, 0.2) is 35.4 Å². The molecule has 1 aliphatic heterocycles. The molecule has 0 radical (unpaired) electrons. The predicted molar refractivity (Wildman–Crippen MR) is 78.7 cm³/mol. The van der Waals surface area contributed by atoms with Gasteiger partial charge >= 0.3 is 0 Å². The van der Waals surface area contributed by atoms with E-state index in [1.165, 1.54) is 4.90 Å². The lowest BCUT2D eigenvalue weighted by Crippen LogP contribution is -2.36. The molecule has 106 valence electrons. The number of hydrogen-bond donors (Lipinski definition) is 2. The Bertz CT molecular complexity index is 570. The molecule has 0 bridgehead atoms. The molecule has 0 atom stereocenters. The molecule has 2 amide bonds. The second-order valence-corrected chi connectivity index (χ2v) is 5.03. The molecule has 5 heteroatoms. The first kappa shape index (κ1) is 14.3. The third-order valence-corrected chi connectivity index (χ3v) is 3.36. The zero-order chi connectivity index (χ0) is 14.7. The maximum atomic E-state index is 12.2. The third-order valence-electron chi connectivity index (χ3n) is 3.36. The number of anilines is 1. The highest BCUT2D eigenvalue weighted by molar-refractivity contribution is 6.08. The van der Waals surface area contributed by atoms with Gasteiger partial charge in [-0.3, -0.25) is 9.59 Å². The van der Waals surface area contributed by atoms with Crippen LogP contribution in [-0.4, -0.2) is 43.9 Å². The minimum Gasteiger partial charge on any atom is -0.345 e. The van der Waals surface area contributed by atoms with Gasteiger partial charge in [-0.25, -0.2) is 0 Å². The number of nitrogens with zero attached hydrogens (tertiary/aromatic N) is 1. The average molecular weight is 273 g/mol. The van der Waals surface area contributed by atoms with Crippen LogP contribution in [0.5, 0.6) is 0 Å². The smallest absolute Gasteiger partial charge is 0.255 e. The topological polar surface area (TPSA) is 61.4 Å². The number of benzene rings is 1. The van der Waals surface area contributed by atoms with Crippen LogP contribution in [0.2, 0.25) is 0 Å². The van der Waals surface area contributed by atoms with Crippen molar-refractivity contribution in [3.63, 3.8) is 0 Å². The lowest BCUT2D eigenvalue weighted by molar-refractivity contribution is -0.112. The minimum atomic E-state index is -0.152. The molecular weight excluding hydrogens is 254 g/mol. The zero-order valence-electron chi connectivity index (χ0n) is 12.0. The molecule has 1 aliphatic rings. The molecule has 0 aromatic heterocycles. The van der Waals surface area contributed by atoms with E-state index in [4.69, 9.17) is 0 Å². The van der Waals surface area contributed by atoms with Crippen molar-refractivity contribution in [1.29, 1.82) is 0 Å². The van der Waals surface area contributed by atoms with Gasteiger partial charge in [-0.2, -0.15) is 0 Å². The van der Waals surface area contributed by atoms with E-state index in [0.717, 1.165) is 24.2 Å². The Labute approximate surface area is 118 Å². The molecule has 0 spiro atoms. The number of rotatable bonds is 3. The summed E-state index contributed by atoms with van der Waals surface area (Å²) in [5, 5.41) is 5.93. The number of para-hydroxylation sites is 1. The maximum Gasteiger partial charge on any atom is 0.255 e. The Kier molecular flexibility index (Phi) is 4.20. The number of carbonyl (C=O) groups is 2. The van der Waals surface area contributed by atoms with E-state index < -0.39 is 0 Å². The van der Waals surface area contributed by atoms with Crippen LogP contribution in [0.25, 0.3) is 0 Å². The fourth-order valence-corrected chi connectivity index (χ4v) is 1.91. The van der Waals surface area contributed by atoms with Gasteiger partial charge in [0.2, 0.25) is 0 Å². The summed E-state index contributed by atoms with van der Waals surface area (Å²) in [6.07, 6.45) is 0. The maximum absolute atomic E-state index is 12.2. The fraction of sp³-hybridized carbons (Fsp3) is 0.333. The molecule has 2 rings (SSSR count). The van der Waals surface area contributed by atoms with Crippen LogP contribution >= 0.6 is 0 Å². The Morgan fingerprint density at radius 3 is 2.40 bits per heavy atom. The van der Waals surface area contributed by atoms with E-state index in [9.17, 15) is 9.59 Å². The molecule has 20 heavy (non-hydrogen) atoms. The van der Waals surface area contributed by atoms with E-state index in [1.54, 1.807) is 38.4 Å². The van der Waals surface area contributed by atoms with Gasteiger partial charge in [0.05, 0.1) is 11.3 Å². The van der Waals surface area contributed by atoms with E-state index in [2.05, 4.69) is 10.6 Å². The van der Waals surface area contributed by atoms with Crippen LogP contribution in [0.4, 0.5) is 5.69 Å². The molecule has 1 fully saturated rings. The molecule has 2 N–H and O–H groups in total. The molecular formula is C15H19N3O2. The van der Waals surface area contributed by atoms with Gasteiger partial charge < -0.3 is 15.5 Å². The molecule has 0 saturated carbocycles. The summed E-state index contributed by atoms with van der Waals surface area (Å²) in [5.41, 5.74) is 2.87. The highest BCUT2D eigenvalue weighted by Gasteiger charge is 2.18. The van der Waals surface area contributed by atoms with Crippen LogP contribution in [0, 0.1) is 0 Å². The largest absolute Gasteiger partial charge is 0.345 e. The first-order valence-corrected chi connectivity index (χ1v) is 6.52. The standard InChI is InChI=1S/C15H19N3O2/c1-10(11-8-16-9-11)14(19)17-13-7-5-4-6-12(13)15(20)18(2)3/h4-7,16H,8-9H2,1-3H3,(H,17,19). The van der Waals surface area contributed by atoms with Crippen LogP contribution in [-0.2, 0) is 4.79 Å². The normalized spacial score (nSPS) is 13.4. The van der Waals surface area contributed by atoms with Crippen molar-refractivity contribution in [1.82, 2.24) is 10.2 Å². The fourth-order valence-electron chi connectivity index (χ4n) is 1.91. The summed E-state index contributed by atoms with van der Waals surface area (Å²) in [7, 11) is 3.38. The van der Waals surface area contributed by atoms with Gasteiger partial charge in [-0.1, -0.05) is 12.1 Å². The number of amides is 2. The predicted octanol–water partition coefficient (Wildman–Crippen LogP) is 1.25. The van der Waals surface area contributed by atoms with Crippen LogP contribution in [0.1, 0.15) is 17.3 Å². The summed E-state index contributed by atoms with van der Waals surface area (Å²) in [6, 6.07) is 7.04. The molecule has 1 heterocycles. The van der Waals surface area contributed by atoms with Crippen LogP contribution < -0.4 is 10.6 Å². The van der Waals surface area contributed by atoms with Gasteiger partial charge in [-0.05, 0) is 24.6 Å². The minimum absolute atomic E-state index is 0.128. The number of hydrogen-bond acceptors (Lipinski definition) is 3. The van der Waals surface area contributed by atoms with Crippen LogP contribution in [0.3, 0.4) is 0 Å². The Morgan fingerprint density at radius 1 is 1.20 bits per heavy atom. The van der Waals surface area contributed by atoms with Crippen molar-refractivity contribution in [3.8, 4) is 0 Å². The van der Waals surface area contributed by atoms with E-state index in [0.29, 0.717) is 11.3 Å². The summed E-state index contributed by atoms with van der Waals surface area (Å²) < 4.78 is 0. The van der Waals surface area contributed by atoms with Gasteiger partial charge in [-0.15, -0.1) is 0 Å². The van der Waals surface area contributed by atoms with E-state index >= 15 is 0 Å². The van der Waals surface area contributed by atoms with Crippen molar-refractivity contribution >= 4 is 17.5 Å². The lowest BCUT2D eigenvalue weighted by atomic mass is 10.0. The second-order valence-electron chi connectivity index (χ2n) is 5.03. The van der Waals surface area contributed by atoms with Gasteiger partial charge in [0.1, 0.15) is 0 Å². The quantitative estimate of drug-likeness (QED) is 0.815. The Morgan fingerprint density at radius 2 is 1.85 bits per heavy atom. The van der Waals surface area contributed by atoms with Gasteiger partial charge in [0, 0.05) is 32.8 Å². The number of carbonyl (C=O) groups excluding carboxylic acids is 2. The highest BCUT2D eigenvalue weighted by Crippen LogP contribution is 2.18. The Hall–Kier alpha value is -2.14. The van der Waals surface area contributed by atoms with E-state index in [-0.39, 0.29) is 11.8 Å². The third kappa shape index (κ3) is 2.88. The van der Waals surface area contributed by atoms with Crippen molar-refractivity contribution in [2.24, 2.45) is 0 Å². The van der Waals surface area contributed by atoms with Crippen molar-refractivity contribution in [3.05, 3.63) is 41.0 Å². The van der Waals surface area contributed by atoms with Gasteiger partial charge in [0.25, 0.3) is 11.8 Å².